The standard InChI is InChI=1S/C21H20FNO4/c1-11-5-6-12(2)17(9-11)23-20(24)14(4)26-21(25)19-13(3)16-10-15(22)7-8-18(16)27-19/h5-10,14H,1-4H3,(H,23,24)/t14-/m0/s1. The van der Waals surface area contributed by atoms with E-state index in [1.165, 1.54) is 25.1 Å². The van der Waals surface area contributed by atoms with Crippen LogP contribution in [-0.2, 0) is 9.53 Å². The molecule has 0 spiro atoms. The zero-order valence-corrected chi connectivity index (χ0v) is 15.6. The predicted molar refractivity (Wildman–Crippen MR) is 100 cm³/mol. The maximum Gasteiger partial charge on any atom is 0.375 e. The number of furan rings is 1. The van der Waals surface area contributed by atoms with Crippen LogP contribution in [0.2, 0.25) is 0 Å². The van der Waals surface area contributed by atoms with Gasteiger partial charge in [-0.3, -0.25) is 4.79 Å². The number of anilines is 1. The molecule has 0 aliphatic rings. The molecule has 0 saturated heterocycles. The number of amides is 1. The molecule has 0 aliphatic carbocycles. The van der Waals surface area contributed by atoms with E-state index in [4.69, 9.17) is 9.15 Å². The van der Waals surface area contributed by atoms with Gasteiger partial charge in [-0.2, -0.15) is 0 Å². The summed E-state index contributed by atoms with van der Waals surface area (Å²) in [6.45, 7) is 6.92. The molecule has 0 saturated carbocycles. The second-order valence-corrected chi connectivity index (χ2v) is 6.55. The zero-order chi connectivity index (χ0) is 19.7. The van der Waals surface area contributed by atoms with Crippen LogP contribution in [0.3, 0.4) is 0 Å². The van der Waals surface area contributed by atoms with Gasteiger partial charge in [-0.15, -0.1) is 0 Å². The van der Waals surface area contributed by atoms with Gasteiger partial charge in [0.25, 0.3) is 5.91 Å². The van der Waals surface area contributed by atoms with E-state index in [0.717, 1.165) is 11.1 Å². The van der Waals surface area contributed by atoms with Gasteiger partial charge in [0.15, 0.2) is 6.10 Å². The van der Waals surface area contributed by atoms with Crippen LogP contribution in [0.4, 0.5) is 10.1 Å². The SMILES string of the molecule is Cc1ccc(C)c(NC(=O)[C@H](C)OC(=O)c2oc3ccc(F)cc3c2C)c1. The molecule has 6 heteroatoms. The monoisotopic (exact) mass is 369 g/mol. The molecular formula is C21H20FNO4. The number of hydrogen-bond acceptors (Lipinski definition) is 4. The average molecular weight is 369 g/mol. The zero-order valence-electron chi connectivity index (χ0n) is 15.6. The summed E-state index contributed by atoms with van der Waals surface area (Å²) in [4.78, 5) is 24.8. The van der Waals surface area contributed by atoms with Crippen LogP contribution in [0.25, 0.3) is 11.0 Å². The molecule has 1 atom stereocenters. The topological polar surface area (TPSA) is 68.5 Å². The second kappa shape index (κ2) is 7.23. The number of nitrogens with one attached hydrogen (secondary N) is 1. The van der Waals surface area contributed by atoms with Crippen LogP contribution in [0, 0.1) is 26.6 Å². The van der Waals surface area contributed by atoms with Crippen molar-refractivity contribution in [3.8, 4) is 0 Å². The summed E-state index contributed by atoms with van der Waals surface area (Å²) >= 11 is 0. The molecule has 0 fully saturated rings. The van der Waals surface area contributed by atoms with Crippen molar-refractivity contribution in [1.82, 2.24) is 0 Å². The maximum atomic E-state index is 13.4. The van der Waals surface area contributed by atoms with Crippen LogP contribution in [-0.4, -0.2) is 18.0 Å². The number of carbonyl (C=O) groups is 2. The predicted octanol–water partition coefficient (Wildman–Crippen LogP) is 4.68. The van der Waals surface area contributed by atoms with Gasteiger partial charge in [0, 0.05) is 16.6 Å². The van der Waals surface area contributed by atoms with Crippen molar-refractivity contribution in [1.29, 1.82) is 0 Å². The Hall–Kier alpha value is -3.15. The maximum absolute atomic E-state index is 13.4. The number of aryl methyl sites for hydroxylation is 3. The molecule has 1 N–H and O–H groups in total. The van der Waals surface area contributed by atoms with Crippen molar-refractivity contribution in [2.75, 3.05) is 5.32 Å². The first-order valence-corrected chi connectivity index (χ1v) is 8.54. The molecule has 3 rings (SSSR count). The third-order valence-corrected chi connectivity index (χ3v) is 4.39. The Labute approximate surface area is 156 Å². The van der Waals surface area contributed by atoms with Crippen molar-refractivity contribution in [2.45, 2.75) is 33.8 Å². The molecule has 5 nitrogen and oxygen atoms in total. The number of esters is 1. The third kappa shape index (κ3) is 3.84. The lowest BCUT2D eigenvalue weighted by atomic mass is 10.1. The smallest absolute Gasteiger partial charge is 0.375 e. The summed E-state index contributed by atoms with van der Waals surface area (Å²) in [7, 11) is 0. The second-order valence-electron chi connectivity index (χ2n) is 6.55. The van der Waals surface area contributed by atoms with Crippen molar-refractivity contribution < 1.29 is 23.1 Å². The molecular weight excluding hydrogens is 349 g/mol. The van der Waals surface area contributed by atoms with Crippen LogP contribution in [0.5, 0.6) is 0 Å². The lowest BCUT2D eigenvalue weighted by Gasteiger charge is -2.14. The summed E-state index contributed by atoms with van der Waals surface area (Å²) in [6.07, 6.45) is -1.03. The first kappa shape index (κ1) is 18.6. The van der Waals surface area contributed by atoms with E-state index in [-0.39, 0.29) is 5.76 Å². The summed E-state index contributed by atoms with van der Waals surface area (Å²) in [5.41, 5.74) is 3.43. The normalized spacial score (nSPS) is 12.0. The summed E-state index contributed by atoms with van der Waals surface area (Å²) in [6, 6.07) is 9.69. The van der Waals surface area contributed by atoms with E-state index in [2.05, 4.69) is 5.32 Å². The quantitative estimate of drug-likeness (QED) is 0.678. The van der Waals surface area contributed by atoms with E-state index < -0.39 is 23.8 Å². The Kier molecular flexibility index (Phi) is 4.99. The van der Waals surface area contributed by atoms with Gasteiger partial charge in [-0.25, -0.2) is 9.18 Å². The molecule has 2 aromatic carbocycles. The van der Waals surface area contributed by atoms with Crippen molar-refractivity contribution in [3.63, 3.8) is 0 Å². The van der Waals surface area contributed by atoms with Gasteiger partial charge in [-0.1, -0.05) is 12.1 Å². The van der Waals surface area contributed by atoms with Crippen LogP contribution >= 0.6 is 0 Å². The van der Waals surface area contributed by atoms with E-state index >= 15 is 0 Å². The fraction of sp³-hybridized carbons (Fsp3) is 0.238. The fourth-order valence-electron chi connectivity index (χ4n) is 2.76. The van der Waals surface area contributed by atoms with Crippen molar-refractivity contribution >= 4 is 28.5 Å². The molecule has 0 radical (unpaired) electrons. The highest BCUT2D eigenvalue weighted by atomic mass is 19.1. The Morgan fingerprint density at radius 2 is 1.85 bits per heavy atom. The highest BCUT2D eigenvalue weighted by molar-refractivity contribution is 5.99. The highest BCUT2D eigenvalue weighted by Crippen LogP contribution is 2.27. The Morgan fingerprint density at radius 3 is 2.59 bits per heavy atom. The number of benzene rings is 2. The Balaban J connectivity index is 1.74. The minimum atomic E-state index is -1.03. The van der Waals surface area contributed by atoms with Gasteiger partial charge < -0.3 is 14.5 Å². The molecule has 0 aliphatic heterocycles. The summed E-state index contributed by atoms with van der Waals surface area (Å²) in [5.74, 6) is -1.68. The minimum Gasteiger partial charge on any atom is -0.449 e. The largest absolute Gasteiger partial charge is 0.449 e. The van der Waals surface area contributed by atoms with Crippen molar-refractivity contribution in [3.05, 3.63) is 64.7 Å². The molecule has 1 aromatic heterocycles. The first-order chi connectivity index (χ1) is 12.8. The first-order valence-electron chi connectivity index (χ1n) is 8.54. The van der Waals surface area contributed by atoms with E-state index in [0.29, 0.717) is 22.2 Å². The number of hydrogen-bond donors (Lipinski definition) is 1. The van der Waals surface area contributed by atoms with E-state index in [1.54, 1.807) is 6.92 Å². The number of rotatable bonds is 4. The van der Waals surface area contributed by atoms with Gasteiger partial charge in [-0.05, 0) is 63.1 Å². The van der Waals surface area contributed by atoms with E-state index in [9.17, 15) is 14.0 Å². The number of fused-ring (bicyclic) bond motifs is 1. The van der Waals surface area contributed by atoms with Gasteiger partial charge >= 0.3 is 5.97 Å². The van der Waals surface area contributed by atoms with Gasteiger partial charge in [0.05, 0.1) is 0 Å². The summed E-state index contributed by atoms with van der Waals surface area (Å²) < 4.78 is 24.1. The number of ether oxygens (including phenoxy) is 1. The lowest BCUT2D eigenvalue weighted by Crippen LogP contribution is -2.30. The third-order valence-electron chi connectivity index (χ3n) is 4.39. The van der Waals surface area contributed by atoms with Gasteiger partial charge in [0.2, 0.25) is 5.76 Å². The Morgan fingerprint density at radius 1 is 1.11 bits per heavy atom. The molecule has 3 aromatic rings. The Bertz CT molecular complexity index is 1040. The number of carbonyl (C=O) groups excluding carboxylic acids is 2. The molecule has 0 unspecified atom stereocenters. The molecule has 27 heavy (non-hydrogen) atoms. The molecule has 0 bridgehead atoms. The number of halogens is 1. The fourth-order valence-corrected chi connectivity index (χ4v) is 2.76. The van der Waals surface area contributed by atoms with Gasteiger partial charge in [0.1, 0.15) is 11.4 Å². The average Bonchev–Trinajstić information content (AvgIpc) is 2.94. The van der Waals surface area contributed by atoms with E-state index in [1.807, 2.05) is 32.0 Å². The van der Waals surface area contributed by atoms with Crippen molar-refractivity contribution in [2.24, 2.45) is 0 Å². The minimum absolute atomic E-state index is 0.0398. The summed E-state index contributed by atoms with van der Waals surface area (Å²) in [5, 5.41) is 3.25. The molecule has 1 heterocycles. The van der Waals surface area contributed by atoms with Crippen LogP contribution < -0.4 is 5.32 Å². The highest BCUT2D eigenvalue weighted by Gasteiger charge is 2.24. The molecule has 1 amide bonds. The molecule has 140 valence electrons. The van der Waals surface area contributed by atoms with Crippen LogP contribution in [0.15, 0.2) is 40.8 Å². The lowest BCUT2D eigenvalue weighted by molar-refractivity contribution is -0.123. The van der Waals surface area contributed by atoms with Crippen LogP contribution in [0.1, 0.15) is 34.2 Å².